The van der Waals surface area contributed by atoms with Gasteiger partial charge in [0.25, 0.3) is 0 Å². The van der Waals surface area contributed by atoms with E-state index in [4.69, 9.17) is 5.73 Å². The summed E-state index contributed by atoms with van der Waals surface area (Å²) in [5, 5.41) is 0. The van der Waals surface area contributed by atoms with E-state index in [1.807, 2.05) is 13.0 Å². The van der Waals surface area contributed by atoms with Crippen molar-refractivity contribution in [3.05, 3.63) is 35.6 Å². The molecule has 1 rings (SSSR count). The minimum Gasteiger partial charge on any atom is -0.321 e. The van der Waals surface area contributed by atoms with Crippen LogP contribution in [0.15, 0.2) is 24.3 Å². The molecule has 0 fully saturated rings. The fourth-order valence-electron chi connectivity index (χ4n) is 1.84. The standard InChI is InChI=1S/C13H20FN/c1-4-6-10(2)13(3,15)11-7-5-8-12(14)9-11/h5,7-10H,4,6,15H2,1-3H3. The first kappa shape index (κ1) is 12.2. The minimum absolute atomic E-state index is 0.215. The summed E-state index contributed by atoms with van der Waals surface area (Å²) in [4.78, 5) is 0. The van der Waals surface area contributed by atoms with Crippen LogP contribution in [-0.4, -0.2) is 0 Å². The fraction of sp³-hybridized carbons (Fsp3) is 0.538. The Morgan fingerprint density at radius 2 is 2.13 bits per heavy atom. The Kier molecular flexibility index (Phi) is 3.86. The fourth-order valence-corrected chi connectivity index (χ4v) is 1.84. The predicted octanol–water partition coefficient (Wildman–Crippen LogP) is 3.44. The van der Waals surface area contributed by atoms with Gasteiger partial charge in [-0.05, 0) is 37.0 Å². The minimum atomic E-state index is -0.446. The summed E-state index contributed by atoms with van der Waals surface area (Å²) in [7, 11) is 0. The van der Waals surface area contributed by atoms with Gasteiger partial charge in [0.05, 0.1) is 0 Å². The second-order valence-corrected chi connectivity index (χ2v) is 4.48. The Morgan fingerprint density at radius 3 is 2.67 bits per heavy atom. The van der Waals surface area contributed by atoms with Gasteiger partial charge in [0.2, 0.25) is 0 Å². The third-order valence-electron chi connectivity index (χ3n) is 3.19. The highest BCUT2D eigenvalue weighted by Gasteiger charge is 2.27. The van der Waals surface area contributed by atoms with Gasteiger partial charge < -0.3 is 5.73 Å². The Bertz CT molecular complexity index is 320. The Morgan fingerprint density at radius 1 is 1.47 bits per heavy atom. The Hall–Kier alpha value is -0.890. The molecule has 84 valence electrons. The van der Waals surface area contributed by atoms with Crippen LogP contribution in [0.1, 0.15) is 39.2 Å². The highest BCUT2D eigenvalue weighted by molar-refractivity contribution is 5.24. The second kappa shape index (κ2) is 4.75. The van der Waals surface area contributed by atoms with Crippen LogP contribution in [0.25, 0.3) is 0 Å². The molecule has 1 aromatic carbocycles. The van der Waals surface area contributed by atoms with E-state index in [-0.39, 0.29) is 5.82 Å². The molecule has 1 aromatic rings. The van der Waals surface area contributed by atoms with Gasteiger partial charge in [0.1, 0.15) is 5.82 Å². The zero-order chi connectivity index (χ0) is 11.5. The molecule has 0 saturated carbocycles. The molecule has 0 aliphatic heterocycles. The summed E-state index contributed by atoms with van der Waals surface area (Å²) in [5.41, 5.74) is 6.70. The maximum absolute atomic E-state index is 13.1. The van der Waals surface area contributed by atoms with Gasteiger partial charge in [0.15, 0.2) is 0 Å². The number of benzene rings is 1. The lowest BCUT2D eigenvalue weighted by Crippen LogP contribution is -2.39. The number of hydrogen-bond donors (Lipinski definition) is 1. The number of halogens is 1. The zero-order valence-electron chi connectivity index (χ0n) is 9.76. The molecule has 0 saturated heterocycles. The first-order valence-electron chi connectivity index (χ1n) is 5.53. The van der Waals surface area contributed by atoms with Gasteiger partial charge in [-0.15, -0.1) is 0 Å². The second-order valence-electron chi connectivity index (χ2n) is 4.48. The lowest BCUT2D eigenvalue weighted by molar-refractivity contribution is 0.303. The average Bonchev–Trinajstić information content (AvgIpc) is 2.18. The summed E-state index contributed by atoms with van der Waals surface area (Å²) in [6.07, 6.45) is 2.16. The van der Waals surface area contributed by atoms with Crippen molar-refractivity contribution in [1.29, 1.82) is 0 Å². The summed E-state index contributed by atoms with van der Waals surface area (Å²) in [6, 6.07) is 6.60. The first-order chi connectivity index (χ1) is 6.98. The van der Waals surface area contributed by atoms with Gasteiger partial charge in [-0.1, -0.05) is 32.4 Å². The van der Waals surface area contributed by atoms with Crippen LogP contribution in [0.2, 0.25) is 0 Å². The quantitative estimate of drug-likeness (QED) is 0.807. The molecule has 0 spiro atoms. The van der Waals surface area contributed by atoms with E-state index in [1.54, 1.807) is 6.07 Å². The molecule has 2 unspecified atom stereocenters. The molecule has 1 nitrogen and oxygen atoms in total. The molecule has 0 radical (unpaired) electrons. The molecule has 0 aliphatic carbocycles. The summed E-state index contributed by atoms with van der Waals surface area (Å²) in [6.45, 7) is 6.23. The molecule has 2 heteroatoms. The van der Waals surface area contributed by atoms with E-state index in [9.17, 15) is 4.39 Å². The summed E-state index contributed by atoms with van der Waals surface area (Å²) < 4.78 is 13.1. The number of rotatable bonds is 4. The van der Waals surface area contributed by atoms with Gasteiger partial charge in [0, 0.05) is 5.54 Å². The molecule has 0 amide bonds. The highest BCUT2D eigenvalue weighted by atomic mass is 19.1. The smallest absolute Gasteiger partial charge is 0.123 e. The van der Waals surface area contributed by atoms with Crippen LogP contribution in [-0.2, 0) is 5.54 Å². The SMILES string of the molecule is CCCC(C)C(C)(N)c1cccc(F)c1. The molecule has 0 aliphatic rings. The van der Waals surface area contributed by atoms with Crippen molar-refractivity contribution < 1.29 is 4.39 Å². The van der Waals surface area contributed by atoms with Gasteiger partial charge in [-0.25, -0.2) is 4.39 Å². The lowest BCUT2D eigenvalue weighted by Gasteiger charge is -2.32. The zero-order valence-corrected chi connectivity index (χ0v) is 9.76. The van der Waals surface area contributed by atoms with Crippen molar-refractivity contribution in [2.24, 2.45) is 11.7 Å². The van der Waals surface area contributed by atoms with Crippen LogP contribution in [0.4, 0.5) is 4.39 Å². The van der Waals surface area contributed by atoms with Crippen molar-refractivity contribution in [1.82, 2.24) is 0 Å². The monoisotopic (exact) mass is 209 g/mol. The van der Waals surface area contributed by atoms with E-state index in [0.29, 0.717) is 5.92 Å². The predicted molar refractivity (Wildman–Crippen MR) is 62.0 cm³/mol. The maximum Gasteiger partial charge on any atom is 0.123 e. The van der Waals surface area contributed by atoms with E-state index < -0.39 is 5.54 Å². The highest BCUT2D eigenvalue weighted by Crippen LogP contribution is 2.29. The van der Waals surface area contributed by atoms with E-state index >= 15 is 0 Å². The molecule has 0 heterocycles. The van der Waals surface area contributed by atoms with Gasteiger partial charge in [-0.3, -0.25) is 0 Å². The van der Waals surface area contributed by atoms with E-state index in [2.05, 4.69) is 13.8 Å². The van der Waals surface area contributed by atoms with Crippen LogP contribution >= 0.6 is 0 Å². The average molecular weight is 209 g/mol. The van der Waals surface area contributed by atoms with Gasteiger partial charge >= 0.3 is 0 Å². The van der Waals surface area contributed by atoms with E-state index in [0.717, 1.165) is 18.4 Å². The van der Waals surface area contributed by atoms with Crippen molar-refractivity contribution in [3.8, 4) is 0 Å². The van der Waals surface area contributed by atoms with Crippen molar-refractivity contribution >= 4 is 0 Å². The Balaban J connectivity index is 2.94. The van der Waals surface area contributed by atoms with Crippen molar-refractivity contribution in [2.45, 2.75) is 39.2 Å². The maximum atomic E-state index is 13.1. The molecule has 2 atom stereocenters. The first-order valence-corrected chi connectivity index (χ1v) is 5.53. The van der Waals surface area contributed by atoms with Crippen LogP contribution < -0.4 is 5.73 Å². The molecule has 15 heavy (non-hydrogen) atoms. The summed E-state index contributed by atoms with van der Waals surface area (Å²) in [5.74, 6) is 0.136. The topological polar surface area (TPSA) is 26.0 Å². The largest absolute Gasteiger partial charge is 0.321 e. The third kappa shape index (κ3) is 2.78. The molecule has 0 bridgehead atoms. The van der Waals surface area contributed by atoms with Gasteiger partial charge in [-0.2, -0.15) is 0 Å². The van der Waals surface area contributed by atoms with Crippen LogP contribution in [0.3, 0.4) is 0 Å². The van der Waals surface area contributed by atoms with E-state index in [1.165, 1.54) is 12.1 Å². The molecule has 2 N–H and O–H groups in total. The third-order valence-corrected chi connectivity index (χ3v) is 3.19. The number of hydrogen-bond acceptors (Lipinski definition) is 1. The normalized spacial score (nSPS) is 17.1. The van der Waals surface area contributed by atoms with Crippen LogP contribution in [0, 0.1) is 11.7 Å². The van der Waals surface area contributed by atoms with Crippen molar-refractivity contribution in [2.75, 3.05) is 0 Å². The Labute approximate surface area is 91.5 Å². The lowest BCUT2D eigenvalue weighted by atomic mass is 9.79. The number of nitrogens with two attached hydrogens (primary N) is 1. The summed E-state index contributed by atoms with van der Waals surface area (Å²) >= 11 is 0. The van der Waals surface area contributed by atoms with Crippen molar-refractivity contribution in [3.63, 3.8) is 0 Å². The van der Waals surface area contributed by atoms with Crippen LogP contribution in [0.5, 0.6) is 0 Å². The molecular weight excluding hydrogens is 189 g/mol. The molecule has 0 aromatic heterocycles. The molecular formula is C13H20FN.